The van der Waals surface area contributed by atoms with Crippen molar-refractivity contribution in [3.8, 4) is 5.75 Å². The van der Waals surface area contributed by atoms with Gasteiger partial charge in [-0.05, 0) is 36.8 Å². The highest BCUT2D eigenvalue weighted by atomic mass is 32.1. The second kappa shape index (κ2) is 7.37. The minimum atomic E-state index is 0.691. The molecule has 1 fully saturated rings. The number of ether oxygens (including phenoxy) is 1. The highest BCUT2D eigenvalue weighted by Gasteiger charge is 2.20. The van der Waals surface area contributed by atoms with Crippen molar-refractivity contribution in [1.82, 2.24) is 14.9 Å². The molecule has 0 unspecified atom stereocenters. The molecule has 3 aromatic rings. The van der Waals surface area contributed by atoms with Gasteiger partial charge in [0.05, 0.1) is 16.8 Å². The summed E-state index contributed by atoms with van der Waals surface area (Å²) in [6, 6.07) is 10.3. The molecule has 6 heteroatoms. The smallest absolute Gasteiger partial charge is 0.186 e. The number of aromatic nitrogens is 2. The van der Waals surface area contributed by atoms with E-state index in [-0.39, 0.29) is 0 Å². The molecular weight excluding hydrogens is 332 g/mol. The van der Waals surface area contributed by atoms with Gasteiger partial charge in [-0.15, -0.1) is 0 Å². The van der Waals surface area contributed by atoms with Crippen molar-refractivity contribution >= 4 is 26.7 Å². The van der Waals surface area contributed by atoms with Crippen LogP contribution in [0, 0.1) is 0 Å². The van der Waals surface area contributed by atoms with Crippen molar-refractivity contribution in [2.75, 3.05) is 37.7 Å². The summed E-state index contributed by atoms with van der Waals surface area (Å²) in [6.07, 6.45) is 3.78. The van der Waals surface area contributed by atoms with E-state index in [1.807, 2.05) is 31.5 Å². The Balaban J connectivity index is 1.41. The van der Waals surface area contributed by atoms with Crippen molar-refractivity contribution in [2.24, 2.45) is 0 Å². The van der Waals surface area contributed by atoms with E-state index in [0.717, 1.165) is 49.1 Å². The zero-order chi connectivity index (χ0) is 17.1. The lowest BCUT2D eigenvalue weighted by Gasteiger charge is -2.34. The number of pyridine rings is 1. The van der Waals surface area contributed by atoms with Gasteiger partial charge in [0.15, 0.2) is 5.13 Å². The van der Waals surface area contributed by atoms with Gasteiger partial charge in [0.1, 0.15) is 5.75 Å². The normalized spacial score (nSPS) is 15.6. The molecule has 1 aliphatic rings. The van der Waals surface area contributed by atoms with Crippen LogP contribution in [0.3, 0.4) is 0 Å². The summed E-state index contributed by atoms with van der Waals surface area (Å²) in [5.74, 6) is 0.923. The van der Waals surface area contributed by atoms with Crippen LogP contribution in [0.25, 0.3) is 10.2 Å². The van der Waals surface area contributed by atoms with Crippen LogP contribution >= 0.6 is 11.3 Å². The third kappa shape index (κ3) is 3.75. The number of rotatable bonds is 5. The van der Waals surface area contributed by atoms with Crippen molar-refractivity contribution in [3.05, 3.63) is 48.3 Å². The minimum absolute atomic E-state index is 0.691. The Morgan fingerprint density at radius 2 is 2.04 bits per heavy atom. The Morgan fingerprint density at radius 1 is 1.16 bits per heavy atom. The zero-order valence-corrected chi connectivity index (χ0v) is 15.2. The molecule has 0 spiro atoms. The summed E-state index contributed by atoms with van der Waals surface area (Å²) in [6.45, 7) is 7.80. The minimum Gasteiger partial charge on any atom is -0.494 e. The van der Waals surface area contributed by atoms with E-state index in [1.165, 1.54) is 10.3 Å². The monoisotopic (exact) mass is 354 g/mol. The first-order valence-corrected chi connectivity index (χ1v) is 9.53. The molecule has 0 saturated carbocycles. The average Bonchev–Trinajstić information content (AvgIpc) is 3.07. The largest absolute Gasteiger partial charge is 0.494 e. The highest BCUT2D eigenvalue weighted by Crippen LogP contribution is 2.32. The predicted octanol–water partition coefficient (Wildman–Crippen LogP) is 3.41. The Kier molecular flexibility index (Phi) is 4.81. The van der Waals surface area contributed by atoms with E-state index in [1.54, 1.807) is 11.3 Å². The van der Waals surface area contributed by atoms with Crippen molar-refractivity contribution < 1.29 is 4.74 Å². The molecule has 0 N–H and O–H groups in total. The SMILES string of the molecule is CCOc1ccc2nc(N3CCN(Cc4cccnc4)CC3)sc2c1. The molecule has 1 saturated heterocycles. The Morgan fingerprint density at radius 3 is 2.80 bits per heavy atom. The fourth-order valence-corrected chi connectivity index (χ4v) is 4.18. The summed E-state index contributed by atoms with van der Waals surface area (Å²) in [4.78, 5) is 13.9. The quantitative estimate of drug-likeness (QED) is 0.702. The van der Waals surface area contributed by atoms with Crippen LogP contribution < -0.4 is 9.64 Å². The number of nitrogens with zero attached hydrogens (tertiary/aromatic N) is 4. The maximum atomic E-state index is 5.59. The van der Waals surface area contributed by atoms with Gasteiger partial charge in [0.25, 0.3) is 0 Å². The number of thiazole rings is 1. The van der Waals surface area contributed by atoms with Crippen LogP contribution in [-0.2, 0) is 6.54 Å². The van der Waals surface area contributed by atoms with Crippen LogP contribution in [0.15, 0.2) is 42.7 Å². The van der Waals surface area contributed by atoms with Crippen molar-refractivity contribution in [1.29, 1.82) is 0 Å². The molecule has 0 radical (unpaired) electrons. The van der Waals surface area contributed by atoms with E-state index >= 15 is 0 Å². The number of hydrogen-bond donors (Lipinski definition) is 0. The van der Waals surface area contributed by atoms with Gasteiger partial charge < -0.3 is 9.64 Å². The van der Waals surface area contributed by atoms with Crippen LogP contribution in [-0.4, -0.2) is 47.7 Å². The summed E-state index contributed by atoms with van der Waals surface area (Å²) >= 11 is 1.76. The summed E-state index contributed by atoms with van der Waals surface area (Å²) in [5, 5.41) is 1.12. The fourth-order valence-electron chi connectivity index (χ4n) is 3.13. The molecule has 1 aliphatic heterocycles. The number of piperazine rings is 1. The van der Waals surface area contributed by atoms with Crippen LogP contribution in [0.5, 0.6) is 5.75 Å². The number of hydrogen-bond acceptors (Lipinski definition) is 6. The maximum Gasteiger partial charge on any atom is 0.186 e. The summed E-state index contributed by atoms with van der Waals surface area (Å²) < 4.78 is 6.79. The third-order valence-electron chi connectivity index (χ3n) is 4.43. The molecule has 2 aromatic heterocycles. The second-order valence-electron chi connectivity index (χ2n) is 6.18. The van der Waals surface area contributed by atoms with Crippen molar-refractivity contribution in [2.45, 2.75) is 13.5 Å². The van der Waals surface area contributed by atoms with Crippen molar-refractivity contribution in [3.63, 3.8) is 0 Å². The lowest BCUT2D eigenvalue weighted by molar-refractivity contribution is 0.249. The van der Waals surface area contributed by atoms with Gasteiger partial charge in [0, 0.05) is 45.1 Å². The van der Waals surface area contributed by atoms with E-state index < -0.39 is 0 Å². The maximum absolute atomic E-state index is 5.59. The molecule has 4 rings (SSSR count). The highest BCUT2D eigenvalue weighted by molar-refractivity contribution is 7.22. The van der Waals surface area contributed by atoms with E-state index in [9.17, 15) is 0 Å². The summed E-state index contributed by atoms with van der Waals surface area (Å²) in [5.41, 5.74) is 2.33. The van der Waals surface area contributed by atoms with Gasteiger partial charge in [-0.3, -0.25) is 9.88 Å². The Hall–Kier alpha value is -2.18. The number of benzene rings is 1. The average molecular weight is 354 g/mol. The number of fused-ring (bicyclic) bond motifs is 1. The topological polar surface area (TPSA) is 41.5 Å². The molecule has 0 atom stereocenters. The van der Waals surface area contributed by atoms with Crippen LogP contribution in [0.1, 0.15) is 12.5 Å². The molecule has 25 heavy (non-hydrogen) atoms. The molecular formula is C19H22N4OS. The first-order chi connectivity index (χ1) is 12.3. The van der Waals surface area contributed by atoms with Crippen LogP contribution in [0.2, 0.25) is 0 Å². The fraction of sp³-hybridized carbons (Fsp3) is 0.368. The number of anilines is 1. The van der Waals surface area contributed by atoms with E-state index in [2.05, 4.69) is 33.0 Å². The molecule has 3 heterocycles. The first kappa shape index (κ1) is 16.3. The van der Waals surface area contributed by atoms with Crippen LogP contribution in [0.4, 0.5) is 5.13 Å². The van der Waals surface area contributed by atoms with Gasteiger partial charge in [-0.1, -0.05) is 17.4 Å². The van der Waals surface area contributed by atoms with Gasteiger partial charge in [-0.2, -0.15) is 0 Å². The van der Waals surface area contributed by atoms with Gasteiger partial charge in [-0.25, -0.2) is 4.98 Å². The van der Waals surface area contributed by atoms with Gasteiger partial charge >= 0.3 is 0 Å². The molecule has 5 nitrogen and oxygen atoms in total. The lowest BCUT2D eigenvalue weighted by Crippen LogP contribution is -2.45. The molecule has 0 bridgehead atoms. The molecule has 0 amide bonds. The molecule has 0 aliphatic carbocycles. The predicted molar refractivity (Wildman–Crippen MR) is 103 cm³/mol. The Bertz CT molecular complexity index is 828. The summed E-state index contributed by atoms with van der Waals surface area (Å²) in [7, 11) is 0. The standard InChI is InChI=1S/C19H22N4OS/c1-2-24-16-5-6-17-18(12-16)25-19(21-17)23-10-8-22(9-11-23)14-15-4-3-7-20-13-15/h3-7,12-13H,2,8-11,14H2,1H3. The molecule has 130 valence electrons. The Labute approximate surface area is 151 Å². The lowest BCUT2D eigenvalue weighted by atomic mass is 10.2. The third-order valence-corrected chi connectivity index (χ3v) is 5.51. The van der Waals surface area contributed by atoms with E-state index in [4.69, 9.17) is 9.72 Å². The zero-order valence-electron chi connectivity index (χ0n) is 14.4. The second-order valence-corrected chi connectivity index (χ2v) is 7.19. The van der Waals surface area contributed by atoms with E-state index in [0.29, 0.717) is 6.61 Å². The van der Waals surface area contributed by atoms with Gasteiger partial charge in [0.2, 0.25) is 0 Å². The first-order valence-electron chi connectivity index (χ1n) is 8.71. The molecule has 1 aromatic carbocycles.